The van der Waals surface area contributed by atoms with E-state index in [0.717, 1.165) is 12.1 Å². The molecule has 0 fully saturated rings. The minimum Gasteiger partial charge on any atom is -0.454 e. The number of halogens is 1. The van der Waals surface area contributed by atoms with E-state index in [1.165, 1.54) is 62.9 Å². The van der Waals surface area contributed by atoms with Crippen LogP contribution in [-0.2, 0) is 4.79 Å². The molecule has 0 saturated carbocycles. The standard InChI is InChI=1S/C11H8FN3O3.C6H14.2C3H8.CH2O/c12-9-5-7(15(16)17)1-2-10(9)18-8-3-4-14-11(13)6-8;1-3-5-6-4-2;2*1-3-2;1-2/h1-6H,(H2,13,14);3-6H2,1-2H3;2*3H2,1-2H3;1H2. The molecule has 0 amide bonds. The number of benzene rings is 1. The maximum atomic E-state index is 13.5. The van der Waals surface area contributed by atoms with E-state index in [1.807, 2.05) is 6.79 Å². The largest absolute Gasteiger partial charge is 0.454 e. The molecule has 0 unspecified atom stereocenters. The summed E-state index contributed by atoms with van der Waals surface area (Å²) in [5.74, 6) is -0.407. The number of pyridine rings is 1. The van der Waals surface area contributed by atoms with Crippen molar-refractivity contribution in [1.82, 2.24) is 4.98 Å². The van der Waals surface area contributed by atoms with Crippen LogP contribution in [0.2, 0.25) is 0 Å². The molecular formula is C24H40FN3O4. The van der Waals surface area contributed by atoms with Crippen molar-refractivity contribution in [2.24, 2.45) is 0 Å². The first-order valence-corrected chi connectivity index (χ1v) is 10.9. The zero-order valence-electron chi connectivity index (χ0n) is 20.4. The Morgan fingerprint density at radius 1 is 1.00 bits per heavy atom. The number of nitrogens with two attached hydrogens (primary N) is 1. The Bertz CT molecular complexity index is 709. The van der Waals surface area contributed by atoms with Gasteiger partial charge in [-0.3, -0.25) is 10.1 Å². The summed E-state index contributed by atoms with van der Waals surface area (Å²) >= 11 is 0. The van der Waals surface area contributed by atoms with E-state index in [4.69, 9.17) is 15.3 Å². The van der Waals surface area contributed by atoms with Crippen LogP contribution in [0.5, 0.6) is 11.5 Å². The van der Waals surface area contributed by atoms with E-state index in [-0.39, 0.29) is 17.3 Å². The first-order chi connectivity index (χ1) is 15.3. The fraction of sp³-hybridized carbons (Fsp3) is 0.500. The minimum atomic E-state index is -0.820. The van der Waals surface area contributed by atoms with Crippen molar-refractivity contribution in [3.05, 3.63) is 52.5 Å². The molecule has 2 N–H and O–H groups in total. The van der Waals surface area contributed by atoms with Crippen molar-refractivity contribution < 1.29 is 18.8 Å². The normalized spacial score (nSPS) is 8.59. The highest BCUT2D eigenvalue weighted by Gasteiger charge is 2.12. The summed E-state index contributed by atoms with van der Waals surface area (Å²) in [5.41, 5.74) is 5.10. The van der Waals surface area contributed by atoms with E-state index in [2.05, 4.69) is 46.5 Å². The average Bonchev–Trinajstić information content (AvgIpc) is 2.76. The molecule has 8 heteroatoms. The predicted octanol–water partition coefficient (Wildman–Crippen LogP) is 7.74. The van der Waals surface area contributed by atoms with Crippen LogP contribution < -0.4 is 10.5 Å². The Labute approximate surface area is 192 Å². The van der Waals surface area contributed by atoms with E-state index >= 15 is 0 Å². The van der Waals surface area contributed by atoms with Crippen LogP contribution in [0.1, 0.15) is 80.1 Å². The van der Waals surface area contributed by atoms with Gasteiger partial charge in [0.05, 0.1) is 11.0 Å². The number of nitrogens with zero attached hydrogens (tertiary/aromatic N) is 2. The zero-order chi connectivity index (χ0) is 25.4. The van der Waals surface area contributed by atoms with Crippen molar-refractivity contribution in [3.63, 3.8) is 0 Å². The number of carbonyl (C=O) groups is 1. The topological polar surface area (TPSA) is 108 Å². The summed E-state index contributed by atoms with van der Waals surface area (Å²) < 4.78 is 18.7. The number of rotatable bonds is 6. The maximum Gasteiger partial charge on any atom is 0.272 e. The van der Waals surface area contributed by atoms with Gasteiger partial charge in [-0.25, -0.2) is 9.37 Å². The Morgan fingerprint density at radius 2 is 1.50 bits per heavy atom. The molecule has 0 atom stereocenters. The lowest BCUT2D eigenvalue weighted by molar-refractivity contribution is -0.385. The van der Waals surface area contributed by atoms with E-state index in [9.17, 15) is 14.5 Å². The van der Waals surface area contributed by atoms with Gasteiger partial charge in [-0.1, -0.05) is 80.1 Å². The van der Waals surface area contributed by atoms with Gasteiger partial charge in [0.25, 0.3) is 5.69 Å². The fourth-order valence-corrected chi connectivity index (χ4v) is 1.80. The highest BCUT2D eigenvalue weighted by molar-refractivity contribution is 5.42. The smallest absolute Gasteiger partial charge is 0.272 e. The minimum absolute atomic E-state index is 0.119. The molecule has 2 aromatic rings. The van der Waals surface area contributed by atoms with E-state index in [0.29, 0.717) is 5.75 Å². The van der Waals surface area contributed by atoms with Crippen molar-refractivity contribution in [1.29, 1.82) is 0 Å². The molecule has 0 radical (unpaired) electrons. The lowest BCUT2D eigenvalue weighted by Gasteiger charge is -2.06. The van der Waals surface area contributed by atoms with Gasteiger partial charge < -0.3 is 15.3 Å². The van der Waals surface area contributed by atoms with Crippen molar-refractivity contribution >= 4 is 18.3 Å². The van der Waals surface area contributed by atoms with Gasteiger partial charge in [0.15, 0.2) is 11.6 Å². The second kappa shape index (κ2) is 24.2. The van der Waals surface area contributed by atoms with Gasteiger partial charge >= 0.3 is 0 Å². The second-order valence-corrected chi connectivity index (χ2v) is 6.51. The Balaban J connectivity index is -0.000000499. The molecule has 0 aliphatic rings. The predicted molar refractivity (Wildman–Crippen MR) is 131 cm³/mol. The Hall–Kier alpha value is -3.03. The Morgan fingerprint density at radius 3 is 1.88 bits per heavy atom. The first-order valence-electron chi connectivity index (χ1n) is 10.9. The highest BCUT2D eigenvalue weighted by Crippen LogP contribution is 2.27. The van der Waals surface area contributed by atoms with Crippen LogP contribution in [0.15, 0.2) is 36.5 Å². The van der Waals surface area contributed by atoms with Crippen molar-refractivity contribution in [3.8, 4) is 11.5 Å². The molecule has 7 nitrogen and oxygen atoms in total. The molecule has 0 saturated heterocycles. The van der Waals surface area contributed by atoms with Crippen molar-refractivity contribution in [2.75, 3.05) is 5.73 Å². The molecule has 1 aromatic carbocycles. The molecule has 0 bridgehead atoms. The number of non-ortho nitro benzene ring substituents is 1. The summed E-state index contributed by atoms with van der Waals surface area (Å²) in [7, 11) is 0. The van der Waals surface area contributed by atoms with Gasteiger partial charge in [-0.05, 0) is 12.1 Å². The summed E-state index contributed by atoms with van der Waals surface area (Å²) in [5, 5.41) is 10.4. The van der Waals surface area contributed by atoms with Crippen molar-refractivity contribution in [2.45, 2.75) is 80.1 Å². The summed E-state index contributed by atoms with van der Waals surface area (Å²) in [6, 6.07) is 6.05. The molecule has 1 heterocycles. The number of anilines is 1. The lowest BCUT2D eigenvalue weighted by Crippen LogP contribution is -1.94. The van der Waals surface area contributed by atoms with Crippen LogP contribution >= 0.6 is 0 Å². The third kappa shape index (κ3) is 19.0. The number of carbonyl (C=O) groups excluding carboxylic acids is 1. The maximum absolute atomic E-state index is 13.5. The number of nitro groups is 1. The van der Waals surface area contributed by atoms with Crippen LogP contribution in [0.3, 0.4) is 0 Å². The van der Waals surface area contributed by atoms with Crippen LogP contribution in [0, 0.1) is 15.9 Å². The number of hydrogen-bond donors (Lipinski definition) is 1. The van der Waals surface area contributed by atoms with Crippen LogP contribution in [-0.4, -0.2) is 16.7 Å². The summed E-state index contributed by atoms with van der Waals surface area (Å²) in [4.78, 5) is 21.5. The third-order valence-electron chi connectivity index (χ3n) is 3.06. The second-order valence-electron chi connectivity index (χ2n) is 6.51. The monoisotopic (exact) mass is 453 g/mol. The van der Waals surface area contributed by atoms with Gasteiger partial charge in [-0.15, -0.1) is 0 Å². The quantitative estimate of drug-likeness (QED) is 0.272. The molecule has 0 aliphatic carbocycles. The number of ether oxygens (including phenoxy) is 1. The molecule has 32 heavy (non-hydrogen) atoms. The third-order valence-corrected chi connectivity index (χ3v) is 3.06. The molecular weight excluding hydrogens is 413 g/mol. The molecule has 182 valence electrons. The number of hydrogen-bond acceptors (Lipinski definition) is 6. The van der Waals surface area contributed by atoms with Gasteiger partial charge in [0.2, 0.25) is 0 Å². The first kappa shape index (κ1) is 33.6. The fourth-order valence-electron chi connectivity index (χ4n) is 1.80. The number of aromatic nitrogens is 1. The van der Waals surface area contributed by atoms with Gasteiger partial charge in [0, 0.05) is 18.3 Å². The summed E-state index contributed by atoms with van der Waals surface area (Å²) in [6.45, 7) is 15.0. The SMILES string of the molecule is C=O.CCC.CCC.CCCCCC.Nc1cc(Oc2ccc([N+](=O)[O-])cc2F)ccn1. The summed E-state index contributed by atoms with van der Waals surface area (Å²) in [6.07, 6.45) is 9.45. The van der Waals surface area contributed by atoms with Gasteiger partial charge in [-0.2, -0.15) is 0 Å². The molecule has 2 rings (SSSR count). The highest BCUT2D eigenvalue weighted by atomic mass is 19.1. The number of nitro benzene ring substituents is 1. The number of unbranched alkanes of at least 4 members (excludes halogenated alkanes) is 3. The van der Waals surface area contributed by atoms with E-state index < -0.39 is 10.7 Å². The number of nitrogen functional groups attached to an aromatic ring is 1. The average molecular weight is 454 g/mol. The Kier molecular flexibility index (Phi) is 25.5. The molecule has 1 aromatic heterocycles. The van der Waals surface area contributed by atoms with E-state index in [1.54, 1.807) is 0 Å². The molecule has 0 spiro atoms. The lowest BCUT2D eigenvalue weighted by atomic mass is 10.2. The van der Waals surface area contributed by atoms with Crippen LogP contribution in [0.25, 0.3) is 0 Å². The molecule has 0 aliphatic heterocycles. The zero-order valence-corrected chi connectivity index (χ0v) is 20.4. The van der Waals surface area contributed by atoms with Crippen LogP contribution in [0.4, 0.5) is 15.9 Å². The van der Waals surface area contributed by atoms with Gasteiger partial charge in [0.1, 0.15) is 18.4 Å².